The Bertz CT molecular complexity index is 1450. The molecule has 1 aliphatic heterocycles. The summed E-state index contributed by atoms with van der Waals surface area (Å²) in [5, 5.41) is 11.0. The molecule has 0 radical (unpaired) electrons. The molecule has 5 rings (SSSR count). The van der Waals surface area contributed by atoms with Crippen LogP contribution in [0.1, 0.15) is 22.7 Å². The maximum Gasteiger partial charge on any atom is 0.269 e. The lowest BCUT2D eigenvalue weighted by Crippen LogP contribution is -2.68. The van der Waals surface area contributed by atoms with Gasteiger partial charge in [-0.15, -0.1) is 0 Å². The molecule has 1 unspecified atom stereocenters. The van der Waals surface area contributed by atoms with Gasteiger partial charge in [-0.1, -0.05) is 91.0 Å². The molecular weight excluding hydrogens is 464 g/mol. The number of rotatable bonds is 6. The van der Waals surface area contributed by atoms with Crippen molar-refractivity contribution in [2.75, 3.05) is 0 Å². The number of nitro benzene ring substituents is 1. The van der Waals surface area contributed by atoms with Gasteiger partial charge in [-0.2, -0.15) is 0 Å². The van der Waals surface area contributed by atoms with E-state index in [9.17, 15) is 23.3 Å². The molecule has 1 fully saturated rings. The molecule has 8 heteroatoms. The van der Waals surface area contributed by atoms with Crippen LogP contribution in [-0.2, 0) is 20.2 Å². The fourth-order valence-corrected chi connectivity index (χ4v) is 6.40. The van der Waals surface area contributed by atoms with Gasteiger partial charge in [0.25, 0.3) is 21.6 Å². The summed E-state index contributed by atoms with van der Waals surface area (Å²) in [5.74, 6) is -0.581. The molecule has 0 bridgehead atoms. The Balaban J connectivity index is 1.73. The molecule has 0 aliphatic carbocycles. The van der Waals surface area contributed by atoms with Gasteiger partial charge in [-0.25, -0.2) is 12.7 Å². The quantitative estimate of drug-likeness (QED) is 0.221. The second-order valence-electron chi connectivity index (χ2n) is 8.21. The van der Waals surface area contributed by atoms with Crippen LogP contribution in [-0.4, -0.2) is 23.6 Å². The first kappa shape index (κ1) is 22.5. The summed E-state index contributed by atoms with van der Waals surface area (Å²) >= 11 is 0. The predicted molar refractivity (Wildman–Crippen MR) is 130 cm³/mol. The first-order chi connectivity index (χ1) is 16.9. The van der Waals surface area contributed by atoms with Crippen molar-refractivity contribution in [3.05, 3.63) is 142 Å². The number of hydrogen-bond donors (Lipinski definition) is 0. The number of carbonyl (C=O) groups excluding carboxylic acids is 1. The maximum absolute atomic E-state index is 14.1. The molecule has 0 N–H and O–H groups in total. The lowest BCUT2D eigenvalue weighted by molar-refractivity contribution is -0.384. The van der Waals surface area contributed by atoms with Crippen LogP contribution in [0.2, 0.25) is 0 Å². The van der Waals surface area contributed by atoms with Crippen molar-refractivity contribution in [1.82, 2.24) is 4.31 Å². The van der Waals surface area contributed by atoms with Crippen molar-refractivity contribution in [2.45, 2.75) is 16.4 Å². The van der Waals surface area contributed by atoms with E-state index in [2.05, 4.69) is 0 Å². The molecule has 1 amide bonds. The zero-order valence-electron chi connectivity index (χ0n) is 18.4. The lowest BCUT2D eigenvalue weighted by atomic mass is 9.61. The molecule has 1 aliphatic rings. The van der Waals surface area contributed by atoms with E-state index in [0.717, 1.165) is 28.6 Å². The van der Waals surface area contributed by atoms with E-state index in [0.29, 0.717) is 16.7 Å². The van der Waals surface area contributed by atoms with Crippen molar-refractivity contribution in [1.29, 1.82) is 0 Å². The molecule has 4 aromatic rings. The molecule has 1 heterocycles. The van der Waals surface area contributed by atoms with Crippen LogP contribution in [0.4, 0.5) is 5.69 Å². The highest BCUT2D eigenvalue weighted by atomic mass is 32.2. The molecule has 0 aromatic heterocycles. The lowest BCUT2D eigenvalue weighted by Gasteiger charge is -2.55. The minimum absolute atomic E-state index is 0.188. The predicted octanol–water partition coefficient (Wildman–Crippen LogP) is 4.85. The number of β-lactam (4-membered cyclic amide) rings is 1. The molecule has 7 nitrogen and oxygen atoms in total. The SMILES string of the molecule is O=C1N(S(=O)(=O)c2ccc([N+](=O)[O-])cc2)C(c2ccccc2)C1(c1ccccc1)c1ccccc1. The number of nitro groups is 1. The Labute approximate surface area is 202 Å². The van der Waals surface area contributed by atoms with Crippen LogP contribution < -0.4 is 0 Å². The fourth-order valence-electron chi connectivity index (χ4n) is 4.77. The molecular formula is C27H20N2O5S. The van der Waals surface area contributed by atoms with Gasteiger partial charge in [0.1, 0.15) is 5.41 Å². The Kier molecular flexibility index (Phi) is 5.45. The first-order valence-electron chi connectivity index (χ1n) is 10.9. The van der Waals surface area contributed by atoms with Gasteiger partial charge in [-0.3, -0.25) is 14.9 Å². The number of nitrogens with zero attached hydrogens (tertiary/aromatic N) is 2. The zero-order valence-corrected chi connectivity index (χ0v) is 19.2. The monoisotopic (exact) mass is 484 g/mol. The van der Waals surface area contributed by atoms with Gasteiger partial charge < -0.3 is 0 Å². The number of non-ortho nitro benzene ring substituents is 1. The Morgan fingerprint density at radius 3 is 1.63 bits per heavy atom. The van der Waals surface area contributed by atoms with Gasteiger partial charge in [-0.05, 0) is 28.8 Å². The number of sulfonamides is 1. The van der Waals surface area contributed by atoms with Crippen LogP contribution in [0.15, 0.2) is 120 Å². The Morgan fingerprint density at radius 1 is 0.714 bits per heavy atom. The second kappa shape index (κ2) is 8.48. The summed E-state index contributed by atoms with van der Waals surface area (Å²) in [4.78, 5) is 24.4. The van der Waals surface area contributed by atoms with Crippen LogP contribution in [0.3, 0.4) is 0 Å². The van der Waals surface area contributed by atoms with Crippen LogP contribution in [0.25, 0.3) is 0 Å². The van der Waals surface area contributed by atoms with Crippen LogP contribution >= 0.6 is 0 Å². The number of amides is 1. The molecule has 0 spiro atoms. The number of carbonyl (C=O) groups is 1. The van der Waals surface area contributed by atoms with Crippen LogP contribution in [0, 0.1) is 10.1 Å². The van der Waals surface area contributed by atoms with Gasteiger partial charge in [0.05, 0.1) is 15.9 Å². The summed E-state index contributed by atoms with van der Waals surface area (Å²) in [6.07, 6.45) is 0. The van der Waals surface area contributed by atoms with Gasteiger partial charge in [0.2, 0.25) is 0 Å². The van der Waals surface area contributed by atoms with Crippen molar-refractivity contribution in [3.8, 4) is 0 Å². The molecule has 1 saturated heterocycles. The normalized spacial score (nSPS) is 17.0. The smallest absolute Gasteiger partial charge is 0.269 e. The Morgan fingerprint density at radius 2 is 1.17 bits per heavy atom. The topological polar surface area (TPSA) is 97.6 Å². The summed E-state index contributed by atoms with van der Waals surface area (Å²) in [6, 6.07) is 31.0. The summed E-state index contributed by atoms with van der Waals surface area (Å²) in [7, 11) is -4.32. The first-order valence-corrected chi connectivity index (χ1v) is 12.3. The van der Waals surface area contributed by atoms with Crippen molar-refractivity contribution >= 4 is 21.6 Å². The fraction of sp³-hybridized carbons (Fsp3) is 0.0741. The van der Waals surface area contributed by atoms with Crippen molar-refractivity contribution in [2.24, 2.45) is 0 Å². The van der Waals surface area contributed by atoms with E-state index in [4.69, 9.17) is 0 Å². The number of benzene rings is 4. The molecule has 4 aromatic carbocycles. The summed E-state index contributed by atoms with van der Waals surface area (Å²) in [5.41, 5.74) is 0.518. The minimum atomic E-state index is -4.32. The van der Waals surface area contributed by atoms with Gasteiger partial charge >= 0.3 is 0 Å². The maximum atomic E-state index is 14.1. The third-order valence-corrected chi connectivity index (χ3v) is 8.12. The molecule has 0 saturated carbocycles. The van der Waals surface area contributed by atoms with E-state index in [-0.39, 0.29) is 10.6 Å². The van der Waals surface area contributed by atoms with Gasteiger partial charge in [0, 0.05) is 12.1 Å². The highest BCUT2D eigenvalue weighted by Gasteiger charge is 2.67. The standard InChI is InChI=1S/C27H20N2O5S/c30-26-27(21-12-6-2-7-13-21,22-14-8-3-9-15-22)25(20-10-4-1-5-11-20)28(26)35(33,34)24-18-16-23(17-19-24)29(31)32/h1-19,25H. The largest absolute Gasteiger partial charge is 0.272 e. The minimum Gasteiger partial charge on any atom is -0.272 e. The highest BCUT2D eigenvalue weighted by Crippen LogP contribution is 2.57. The van der Waals surface area contributed by atoms with Crippen molar-refractivity contribution in [3.63, 3.8) is 0 Å². The zero-order chi connectivity index (χ0) is 24.6. The third-order valence-electron chi connectivity index (χ3n) is 6.36. The van der Waals surface area contributed by atoms with E-state index in [1.165, 1.54) is 0 Å². The third kappa shape index (κ3) is 3.41. The van der Waals surface area contributed by atoms with E-state index >= 15 is 0 Å². The van der Waals surface area contributed by atoms with Crippen LogP contribution in [0.5, 0.6) is 0 Å². The summed E-state index contributed by atoms with van der Waals surface area (Å²) < 4.78 is 28.5. The highest BCUT2D eigenvalue weighted by molar-refractivity contribution is 7.89. The summed E-state index contributed by atoms with van der Waals surface area (Å²) in [6.45, 7) is 0. The van der Waals surface area contributed by atoms with E-state index < -0.39 is 32.3 Å². The molecule has 174 valence electrons. The Hall–Kier alpha value is -4.30. The van der Waals surface area contributed by atoms with Crippen molar-refractivity contribution < 1.29 is 18.1 Å². The van der Waals surface area contributed by atoms with E-state index in [1.807, 2.05) is 66.7 Å². The number of hydrogen-bond acceptors (Lipinski definition) is 5. The molecule has 35 heavy (non-hydrogen) atoms. The van der Waals surface area contributed by atoms with Gasteiger partial charge in [0.15, 0.2) is 0 Å². The average Bonchev–Trinajstić information content (AvgIpc) is 2.89. The van der Waals surface area contributed by atoms with E-state index in [1.54, 1.807) is 24.3 Å². The average molecular weight is 485 g/mol. The second-order valence-corrected chi connectivity index (χ2v) is 10.0. The molecule has 1 atom stereocenters.